The maximum absolute atomic E-state index is 6.15. The van der Waals surface area contributed by atoms with E-state index >= 15 is 0 Å². The third-order valence-electron chi connectivity index (χ3n) is 2.91. The molecule has 80 valence electrons. The Bertz CT molecular complexity index is 411. The van der Waals surface area contributed by atoms with Gasteiger partial charge in [0.05, 0.1) is 9.30 Å². The van der Waals surface area contributed by atoms with E-state index in [1.807, 2.05) is 12.3 Å². The Morgan fingerprint density at radius 3 is 3.00 bits per heavy atom. The first-order valence-corrected chi connectivity index (χ1v) is 6.84. The first-order valence-electron chi connectivity index (χ1n) is 5.16. The lowest BCUT2D eigenvalue weighted by molar-refractivity contribution is 0.744. The molecule has 2 unspecified atom stereocenters. The van der Waals surface area contributed by atoms with Crippen LogP contribution in [0.15, 0.2) is 6.08 Å². The van der Waals surface area contributed by atoms with Crippen LogP contribution in [0.4, 0.5) is 0 Å². The van der Waals surface area contributed by atoms with Gasteiger partial charge >= 0.3 is 0 Å². The third-order valence-corrected chi connectivity index (χ3v) is 5.06. The normalized spacial score (nSPS) is 29.2. The minimum absolute atomic E-state index is 0.0380. The molecule has 1 aromatic heterocycles. The van der Waals surface area contributed by atoms with E-state index < -0.39 is 0 Å². The molecule has 3 rings (SSSR count). The molecule has 2 aliphatic rings. The van der Waals surface area contributed by atoms with Crippen LogP contribution in [-0.2, 0) is 6.42 Å². The number of alkyl halides is 2. The van der Waals surface area contributed by atoms with Gasteiger partial charge < -0.3 is 0 Å². The number of hydrogen-bond acceptors (Lipinski definition) is 2. The van der Waals surface area contributed by atoms with E-state index in [0.29, 0.717) is 0 Å². The predicted molar refractivity (Wildman–Crippen MR) is 68.2 cm³/mol. The van der Waals surface area contributed by atoms with Crippen LogP contribution in [0.1, 0.15) is 28.4 Å². The molecule has 15 heavy (non-hydrogen) atoms. The van der Waals surface area contributed by atoms with Crippen molar-refractivity contribution >= 4 is 40.4 Å². The summed E-state index contributed by atoms with van der Waals surface area (Å²) in [5.41, 5.74) is 0. The van der Waals surface area contributed by atoms with Crippen molar-refractivity contribution in [1.82, 2.24) is 14.8 Å². The highest BCUT2D eigenvalue weighted by molar-refractivity contribution is 14.1. The fourth-order valence-electron chi connectivity index (χ4n) is 1.82. The predicted octanol–water partition coefficient (Wildman–Crippen LogP) is 2.80. The van der Waals surface area contributed by atoms with E-state index in [1.165, 1.54) is 12.8 Å². The molecule has 0 saturated heterocycles. The number of hydrogen-bond donors (Lipinski definition) is 0. The molecule has 0 spiro atoms. The Morgan fingerprint density at radius 1 is 1.47 bits per heavy atom. The van der Waals surface area contributed by atoms with Crippen molar-refractivity contribution in [2.75, 3.05) is 0 Å². The van der Waals surface area contributed by atoms with E-state index in [-0.39, 0.29) is 9.30 Å². The van der Waals surface area contributed by atoms with Gasteiger partial charge in [0.1, 0.15) is 5.82 Å². The molecule has 0 aromatic carbocycles. The number of nitrogens with zero attached hydrogens (tertiary/aromatic N) is 3. The van der Waals surface area contributed by atoms with Crippen molar-refractivity contribution in [3.8, 4) is 0 Å². The SMILES string of the molecule is ClC1C=Cn2c(CC3CC3)nnc2C1I. The van der Waals surface area contributed by atoms with Gasteiger partial charge in [-0.15, -0.1) is 21.8 Å². The van der Waals surface area contributed by atoms with Crippen LogP contribution in [-0.4, -0.2) is 20.1 Å². The second-order valence-electron chi connectivity index (χ2n) is 4.18. The summed E-state index contributed by atoms with van der Waals surface area (Å²) >= 11 is 8.48. The maximum Gasteiger partial charge on any atom is 0.151 e. The standard InChI is InChI=1S/C10H11ClIN3/c11-7-3-4-15-8(5-6-1-2-6)13-14-10(15)9(7)12/h3-4,6-7,9H,1-2,5H2. The van der Waals surface area contributed by atoms with Crippen LogP contribution >= 0.6 is 34.2 Å². The largest absolute Gasteiger partial charge is 0.289 e. The molecule has 1 aliphatic heterocycles. The Hall–Kier alpha value is -0.100. The van der Waals surface area contributed by atoms with Crippen LogP contribution in [0.2, 0.25) is 0 Å². The topological polar surface area (TPSA) is 30.7 Å². The number of halogens is 2. The van der Waals surface area contributed by atoms with E-state index in [2.05, 4.69) is 37.4 Å². The summed E-state index contributed by atoms with van der Waals surface area (Å²) in [5.74, 6) is 2.93. The maximum atomic E-state index is 6.15. The summed E-state index contributed by atoms with van der Waals surface area (Å²) in [6.07, 6.45) is 7.79. The van der Waals surface area contributed by atoms with E-state index in [4.69, 9.17) is 11.6 Å². The molecule has 3 nitrogen and oxygen atoms in total. The molecule has 1 saturated carbocycles. The molecule has 0 radical (unpaired) electrons. The molecule has 0 N–H and O–H groups in total. The second-order valence-corrected chi connectivity index (χ2v) is 6.03. The van der Waals surface area contributed by atoms with Crippen molar-refractivity contribution < 1.29 is 0 Å². The van der Waals surface area contributed by atoms with Crippen molar-refractivity contribution in [2.24, 2.45) is 5.92 Å². The van der Waals surface area contributed by atoms with E-state index in [9.17, 15) is 0 Å². The number of allylic oxidation sites excluding steroid dienone is 1. The highest BCUT2D eigenvalue weighted by Gasteiger charge is 2.29. The Labute approximate surface area is 107 Å². The molecule has 0 amide bonds. The minimum Gasteiger partial charge on any atom is -0.289 e. The van der Waals surface area contributed by atoms with Gasteiger partial charge in [0.15, 0.2) is 5.82 Å². The molecule has 1 fully saturated rings. The lowest BCUT2D eigenvalue weighted by atomic mass is 10.2. The van der Waals surface area contributed by atoms with E-state index in [1.54, 1.807) is 0 Å². The molecule has 5 heteroatoms. The van der Waals surface area contributed by atoms with Crippen molar-refractivity contribution in [1.29, 1.82) is 0 Å². The lowest BCUT2D eigenvalue weighted by Crippen LogP contribution is -2.15. The van der Waals surface area contributed by atoms with Gasteiger partial charge in [0.25, 0.3) is 0 Å². The van der Waals surface area contributed by atoms with Crippen LogP contribution in [0.5, 0.6) is 0 Å². The van der Waals surface area contributed by atoms with Crippen molar-refractivity contribution in [3.63, 3.8) is 0 Å². The van der Waals surface area contributed by atoms with Gasteiger partial charge in [-0.2, -0.15) is 0 Å². The summed E-state index contributed by atoms with van der Waals surface area (Å²) in [5, 5.41) is 8.54. The van der Waals surface area contributed by atoms with Crippen LogP contribution in [0, 0.1) is 5.92 Å². The van der Waals surface area contributed by atoms with Gasteiger partial charge in [0.2, 0.25) is 0 Å². The summed E-state index contributed by atoms with van der Waals surface area (Å²) in [7, 11) is 0. The van der Waals surface area contributed by atoms with Gasteiger partial charge in [0, 0.05) is 12.6 Å². The van der Waals surface area contributed by atoms with Gasteiger partial charge in [-0.3, -0.25) is 4.57 Å². The average Bonchev–Trinajstić information content (AvgIpc) is 2.93. The minimum atomic E-state index is 0.0380. The lowest BCUT2D eigenvalue weighted by Gasteiger charge is -2.18. The van der Waals surface area contributed by atoms with Gasteiger partial charge in [-0.05, 0) is 24.8 Å². The van der Waals surface area contributed by atoms with Crippen molar-refractivity contribution in [3.05, 3.63) is 17.7 Å². The van der Waals surface area contributed by atoms with Gasteiger partial charge in [-0.25, -0.2) is 0 Å². The molecule has 1 aromatic rings. The van der Waals surface area contributed by atoms with Crippen molar-refractivity contribution in [2.45, 2.75) is 28.6 Å². The zero-order chi connectivity index (χ0) is 10.4. The number of aromatic nitrogens is 3. The first-order chi connectivity index (χ1) is 7.25. The fourth-order valence-corrected chi connectivity index (χ4v) is 2.66. The molecular weight excluding hydrogens is 324 g/mol. The fraction of sp³-hybridized carbons (Fsp3) is 0.600. The number of rotatable bonds is 2. The van der Waals surface area contributed by atoms with Crippen LogP contribution in [0.3, 0.4) is 0 Å². The first kappa shape index (κ1) is 10.1. The third kappa shape index (κ3) is 1.82. The summed E-state index contributed by atoms with van der Waals surface area (Å²) < 4.78 is 2.34. The zero-order valence-corrected chi connectivity index (χ0v) is 11.0. The zero-order valence-electron chi connectivity index (χ0n) is 8.11. The molecule has 2 heterocycles. The van der Waals surface area contributed by atoms with Crippen LogP contribution < -0.4 is 0 Å². The van der Waals surface area contributed by atoms with Crippen LogP contribution in [0.25, 0.3) is 6.20 Å². The quantitative estimate of drug-likeness (QED) is 0.615. The molecule has 1 aliphatic carbocycles. The second kappa shape index (κ2) is 3.73. The summed E-state index contributed by atoms with van der Waals surface area (Å²) in [6, 6.07) is 0. The summed E-state index contributed by atoms with van der Waals surface area (Å²) in [6.45, 7) is 0. The highest BCUT2D eigenvalue weighted by atomic mass is 127. The molecular formula is C10H11ClIN3. The van der Waals surface area contributed by atoms with E-state index in [0.717, 1.165) is 24.0 Å². The number of fused-ring (bicyclic) bond motifs is 1. The van der Waals surface area contributed by atoms with Gasteiger partial charge in [-0.1, -0.05) is 22.6 Å². The average molecular weight is 336 g/mol. The smallest absolute Gasteiger partial charge is 0.151 e. The highest BCUT2D eigenvalue weighted by Crippen LogP contribution is 2.36. The Balaban J connectivity index is 1.94. The Kier molecular flexibility index (Phi) is 2.51. The molecule has 2 atom stereocenters. The molecule has 0 bridgehead atoms. The summed E-state index contributed by atoms with van der Waals surface area (Å²) in [4.78, 5) is 0. The monoisotopic (exact) mass is 335 g/mol. The Morgan fingerprint density at radius 2 is 2.27 bits per heavy atom.